The molecule has 28 heavy (non-hydrogen) atoms. The molecule has 0 aromatic heterocycles. The first-order valence-electron chi connectivity index (χ1n) is 10.6. The number of carbonyl (C=O) groups excluding carboxylic acids is 2. The van der Waals surface area contributed by atoms with Crippen molar-refractivity contribution in [1.29, 1.82) is 0 Å². The second-order valence-electron chi connectivity index (χ2n) is 9.27. The Labute approximate surface area is 170 Å². The molecule has 0 spiro atoms. The molecule has 1 aliphatic heterocycles. The first-order valence-corrected chi connectivity index (χ1v) is 11.1. The van der Waals surface area contributed by atoms with Crippen LogP contribution in [-0.4, -0.2) is 60.7 Å². The fourth-order valence-corrected chi connectivity index (χ4v) is 5.61. The van der Waals surface area contributed by atoms with Crippen LogP contribution < -0.4 is 16.0 Å². The maximum Gasteiger partial charge on any atom is 0.246 e. The van der Waals surface area contributed by atoms with Gasteiger partial charge in [0.2, 0.25) is 11.8 Å². The molecule has 2 amide bonds. The number of amides is 2. The summed E-state index contributed by atoms with van der Waals surface area (Å²) in [7, 11) is 0. The molecular formula is C20H31ClFN3O3. The molecule has 5 aliphatic rings. The summed E-state index contributed by atoms with van der Waals surface area (Å²) in [4.78, 5) is 24.7. The summed E-state index contributed by atoms with van der Waals surface area (Å²) in [6, 6.07) is 0.383. The second kappa shape index (κ2) is 8.07. The van der Waals surface area contributed by atoms with Crippen molar-refractivity contribution < 1.29 is 18.7 Å². The predicted octanol–water partition coefficient (Wildman–Crippen LogP) is 1.80. The molecule has 158 valence electrons. The smallest absolute Gasteiger partial charge is 0.246 e. The van der Waals surface area contributed by atoms with Crippen LogP contribution in [0.5, 0.6) is 0 Å². The monoisotopic (exact) mass is 415 g/mol. The van der Waals surface area contributed by atoms with E-state index in [1.54, 1.807) is 0 Å². The third-order valence-electron chi connectivity index (χ3n) is 6.93. The Morgan fingerprint density at radius 3 is 2.64 bits per heavy atom. The fraction of sp³-hybridized carbons (Fsp3) is 0.900. The Bertz CT molecular complexity index is 594. The van der Waals surface area contributed by atoms with E-state index < -0.39 is 11.5 Å². The van der Waals surface area contributed by atoms with Crippen molar-refractivity contribution in [3.8, 4) is 0 Å². The number of hydrogen-bond acceptors (Lipinski definition) is 4. The van der Waals surface area contributed by atoms with Gasteiger partial charge in [-0.1, -0.05) is 6.42 Å². The van der Waals surface area contributed by atoms with E-state index in [0.717, 1.165) is 13.0 Å². The molecule has 0 aromatic carbocycles. The van der Waals surface area contributed by atoms with Gasteiger partial charge in [0.05, 0.1) is 16.9 Å². The number of rotatable bonds is 7. The summed E-state index contributed by atoms with van der Waals surface area (Å²) in [5.41, 5.74) is -0.528. The first-order chi connectivity index (χ1) is 13.4. The van der Waals surface area contributed by atoms with Gasteiger partial charge in [-0.05, 0) is 51.5 Å². The lowest BCUT2D eigenvalue weighted by Crippen LogP contribution is -2.78. The van der Waals surface area contributed by atoms with Crippen LogP contribution in [0.1, 0.15) is 57.8 Å². The molecule has 1 heterocycles. The van der Waals surface area contributed by atoms with Crippen molar-refractivity contribution in [2.24, 2.45) is 5.41 Å². The third kappa shape index (κ3) is 4.17. The van der Waals surface area contributed by atoms with Crippen molar-refractivity contribution in [2.45, 2.75) is 87.0 Å². The summed E-state index contributed by atoms with van der Waals surface area (Å²) < 4.78 is 19.2. The zero-order chi connectivity index (χ0) is 19.8. The quantitative estimate of drug-likeness (QED) is 0.554. The van der Waals surface area contributed by atoms with E-state index in [1.807, 2.05) is 0 Å². The van der Waals surface area contributed by atoms with E-state index in [0.29, 0.717) is 44.7 Å². The molecule has 1 saturated heterocycles. The summed E-state index contributed by atoms with van der Waals surface area (Å²) in [6.07, 6.45) is 5.88. The Balaban J connectivity index is 1.13. The molecule has 4 unspecified atom stereocenters. The molecule has 2 bridgehead atoms. The summed E-state index contributed by atoms with van der Waals surface area (Å²) in [5.74, 6) is -0.0532. The molecular weight excluding hydrogens is 385 g/mol. The van der Waals surface area contributed by atoms with E-state index in [-0.39, 0.29) is 41.9 Å². The van der Waals surface area contributed by atoms with E-state index >= 15 is 0 Å². The molecule has 4 saturated carbocycles. The van der Waals surface area contributed by atoms with Crippen molar-refractivity contribution in [2.75, 3.05) is 19.7 Å². The predicted molar refractivity (Wildman–Crippen MR) is 104 cm³/mol. The molecule has 6 nitrogen and oxygen atoms in total. The highest BCUT2D eigenvalue weighted by Gasteiger charge is 2.72. The Kier molecular flexibility index (Phi) is 5.87. The van der Waals surface area contributed by atoms with Gasteiger partial charge in [-0.25, -0.2) is 4.39 Å². The number of carbonyl (C=O) groups is 2. The standard InChI is InChI=1S/C20H31ClFN3O3/c21-15-5-4-14(7-16(15)22)28-9-17(26)25-20-10-19(11-20,12-20)18(27)24-8-13-3-1-2-6-23-13/h13-16,23H,1-12H2,(H,24,27)(H,25,26). The van der Waals surface area contributed by atoms with Crippen LogP contribution in [0.4, 0.5) is 4.39 Å². The number of halogens is 2. The molecule has 0 aromatic rings. The number of hydrogen-bond donors (Lipinski definition) is 3. The van der Waals surface area contributed by atoms with Crippen LogP contribution in [0, 0.1) is 5.41 Å². The van der Waals surface area contributed by atoms with Gasteiger partial charge in [0.15, 0.2) is 0 Å². The number of ether oxygens (including phenoxy) is 1. The fourth-order valence-electron chi connectivity index (χ4n) is 5.38. The molecule has 5 rings (SSSR count). The zero-order valence-electron chi connectivity index (χ0n) is 16.3. The maximum atomic E-state index is 13.6. The van der Waals surface area contributed by atoms with Crippen LogP contribution in [0.3, 0.4) is 0 Å². The van der Waals surface area contributed by atoms with Crippen molar-refractivity contribution in [1.82, 2.24) is 16.0 Å². The van der Waals surface area contributed by atoms with Crippen LogP contribution in [0.15, 0.2) is 0 Å². The van der Waals surface area contributed by atoms with E-state index in [1.165, 1.54) is 12.8 Å². The van der Waals surface area contributed by atoms with Gasteiger partial charge in [0.25, 0.3) is 0 Å². The Morgan fingerprint density at radius 1 is 1.18 bits per heavy atom. The minimum atomic E-state index is -1.07. The number of alkyl halides is 2. The van der Waals surface area contributed by atoms with E-state index in [9.17, 15) is 14.0 Å². The van der Waals surface area contributed by atoms with Crippen LogP contribution in [0.2, 0.25) is 0 Å². The van der Waals surface area contributed by atoms with Gasteiger partial charge in [0.1, 0.15) is 12.8 Å². The minimum absolute atomic E-state index is 0.0569. The van der Waals surface area contributed by atoms with Crippen molar-refractivity contribution in [3.63, 3.8) is 0 Å². The summed E-state index contributed by atoms with van der Waals surface area (Å²) in [6.45, 7) is 1.66. The van der Waals surface area contributed by atoms with Gasteiger partial charge in [-0.2, -0.15) is 0 Å². The van der Waals surface area contributed by atoms with Crippen molar-refractivity contribution in [3.05, 3.63) is 0 Å². The van der Waals surface area contributed by atoms with E-state index in [2.05, 4.69) is 16.0 Å². The van der Waals surface area contributed by atoms with Crippen LogP contribution in [-0.2, 0) is 14.3 Å². The summed E-state index contributed by atoms with van der Waals surface area (Å²) in [5, 5.41) is 9.12. The molecule has 0 radical (unpaired) electrons. The molecule has 8 heteroatoms. The molecule has 4 aliphatic carbocycles. The lowest BCUT2D eigenvalue weighted by atomic mass is 9.39. The van der Waals surface area contributed by atoms with Gasteiger partial charge >= 0.3 is 0 Å². The molecule has 3 N–H and O–H groups in total. The normalized spacial score (nSPS) is 42.1. The van der Waals surface area contributed by atoms with Gasteiger partial charge in [-0.3, -0.25) is 9.59 Å². The Hall–Kier alpha value is -0.920. The lowest BCUT2D eigenvalue weighted by Gasteiger charge is -2.69. The highest BCUT2D eigenvalue weighted by Crippen LogP contribution is 2.67. The topological polar surface area (TPSA) is 79.5 Å². The minimum Gasteiger partial charge on any atom is -0.368 e. The number of piperidine rings is 1. The largest absolute Gasteiger partial charge is 0.368 e. The van der Waals surface area contributed by atoms with Crippen LogP contribution in [0.25, 0.3) is 0 Å². The highest BCUT2D eigenvalue weighted by atomic mass is 35.5. The van der Waals surface area contributed by atoms with Gasteiger partial charge < -0.3 is 20.7 Å². The molecule has 5 fully saturated rings. The SMILES string of the molecule is O=C(COC1CCC(Cl)C(F)C1)NC12CC(C(=O)NCC3CCCCN3)(C1)C2. The highest BCUT2D eigenvalue weighted by molar-refractivity contribution is 6.21. The number of nitrogens with one attached hydrogen (secondary N) is 3. The average molecular weight is 416 g/mol. The van der Waals surface area contributed by atoms with Gasteiger partial charge in [-0.15, -0.1) is 11.6 Å². The first kappa shape index (κ1) is 20.4. The third-order valence-corrected chi connectivity index (χ3v) is 7.42. The van der Waals surface area contributed by atoms with Crippen LogP contribution >= 0.6 is 11.6 Å². The van der Waals surface area contributed by atoms with Gasteiger partial charge in [0, 0.05) is 24.5 Å². The molecule has 4 atom stereocenters. The average Bonchev–Trinajstić information content (AvgIpc) is 2.63. The zero-order valence-corrected chi connectivity index (χ0v) is 17.0. The maximum absolute atomic E-state index is 13.6. The lowest BCUT2D eigenvalue weighted by molar-refractivity contribution is -0.184. The second-order valence-corrected chi connectivity index (χ2v) is 9.83. The van der Waals surface area contributed by atoms with E-state index in [4.69, 9.17) is 16.3 Å². The van der Waals surface area contributed by atoms with Crippen molar-refractivity contribution >= 4 is 23.4 Å². The Morgan fingerprint density at radius 2 is 1.96 bits per heavy atom. The summed E-state index contributed by atoms with van der Waals surface area (Å²) >= 11 is 5.87.